The van der Waals surface area contributed by atoms with Gasteiger partial charge in [0.2, 0.25) is 11.6 Å². The van der Waals surface area contributed by atoms with Crippen molar-refractivity contribution in [1.82, 2.24) is 30.7 Å². The lowest BCUT2D eigenvalue weighted by molar-refractivity contribution is -0.385. The monoisotopic (exact) mass is 497 g/mol. The van der Waals surface area contributed by atoms with Crippen molar-refractivity contribution in [2.45, 2.75) is 6.92 Å². The molecule has 14 nitrogen and oxygen atoms in total. The van der Waals surface area contributed by atoms with Crippen LogP contribution in [0.5, 0.6) is 5.75 Å². The van der Waals surface area contributed by atoms with Crippen LogP contribution in [0.4, 0.5) is 11.5 Å². The number of anilines is 1. The van der Waals surface area contributed by atoms with Crippen molar-refractivity contribution >= 4 is 35.2 Å². The third kappa shape index (κ3) is 4.77. The van der Waals surface area contributed by atoms with E-state index in [1.807, 2.05) is 6.92 Å². The van der Waals surface area contributed by atoms with E-state index in [1.54, 1.807) is 24.3 Å². The lowest BCUT2D eigenvalue weighted by Gasteiger charge is -2.07. The highest BCUT2D eigenvalue weighted by molar-refractivity contribution is 6.33. The molecule has 2 aromatic carbocycles. The first-order chi connectivity index (χ1) is 16.9. The van der Waals surface area contributed by atoms with Crippen LogP contribution in [0.1, 0.15) is 23.0 Å². The van der Waals surface area contributed by atoms with Crippen molar-refractivity contribution in [3.63, 3.8) is 0 Å². The lowest BCUT2D eigenvalue weighted by Crippen LogP contribution is -2.19. The van der Waals surface area contributed by atoms with E-state index in [4.69, 9.17) is 22.1 Å². The summed E-state index contributed by atoms with van der Waals surface area (Å²) in [7, 11) is 0. The Morgan fingerprint density at radius 2 is 2.09 bits per heavy atom. The molecule has 4 rings (SSSR count). The normalized spacial score (nSPS) is 11.0. The first-order valence-electron chi connectivity index (χ1n) is 9.94. The summed E-state index contributed by atoms with van der Waals surface area (Å²) in [5.41, 5.74) is 8.43. The van der Waals surface area contributed by atoms with Crippen LogP contribution in [0.3, 0.4) is 0 Å². The van der Waals surface area contributed by atoms with Gasteiger partial charge in [-0.25, -0.2) is 10.1 Å². The number of benzene rings is 2. The van der Waals surface area contributed by atoms with Gasteiger partial charge in [0.25, 0.3) is 11.6 Å². The summed E-state index contributed by atoms with van der Waals surface area (Å²) in [5, 5.41) is 30.3. The molecule has 0 radical (unpaired) electrons. The zero-order valence-corrected chi connectivity index (χ0v) is 18.7. The fourth-order valence-electron chi connectivity index (χ4n) is 3.08. The molecule has 0 saturated carbocycles. The molecule has 0 unspecified atom stereocenters. The summed E-state index contributed by atoms with van der Waals surface area (Å²) in [6.07, 6.45) is 1.07. The number of nitrogens with two attached hydrogens (primary N) is 1. The Kier molecular flexibility index (Phi) is 6.64. The molecule has 0 atom stereocenters. The summed E-state index contributed by atoms with van der Waals surface area (Å²) in [6, 6.07) is 11.0. The first-order valence-corrected chi connectivity index (χ1v) is 10.3. The number of hydrogen-bond donors (Lipinski definition) is 2. The zero-order chi connectivity index (χ0) is 24.9. The number of nitro groups is 1. The molecule has 0 aliphatic heterocycles. The summed E-state index contributed by atoms with van der Waals surface area (Å²) >= 11 is 6.04. The van der Waals surface area contributed by atoms with Crippen LogP contribution in [0.2, 0.25) is 5.02 Å². The van der Waals surface area contributed by atoms with Crippen LogP contribution >= 0.6 is 11.6 Å². The average molecular weight is 498 g/mol. The number of rotatable bonds is 8. The van der Waals surface area contributed by atoms with Crippen LogP contribution in [0, 0.1) is 10.1 Å². The minimum Gasteiger partial charge on any atom is -0.494 e. The molecule has 3 N–H and O–H groups in total. The second-order valence-corrected chi connectivity index (χ2v) is 7.16. The molecule has 178 valence electrons. The van der Waals surface area contributed by atoms with Crippen LogP contribution in [0.25, 0.3) is 17.1 Å². The fraction of sp³-hybridized carbons (Fsp3) is 0.100. The van der Waals surface area contributed by atoms with Crippen molar-refractivity contribution in [3.05, 3.63) is 68.9 Å². The van der Waals surface area contributed by atoms with E-state index in [2.05, 4.69) is 35.8 Å². The van der Waals surface area contributed by atoms with Gasteiger partial charge in [0.1, 0.15) is 11.4 Å². The molecule has 0 spiro atoms. The molecule has 0 aliphatic rings. The van der Waals surface area contributed by atoms with Gasteiger partial charge in [-0.3, -0.25) is 14.9 Å². The Balaban J connectivity index is 1.69. The largest absolute Gasteiger partial charge is 0.494 e. The van der Waals surface area contributed by atoms with Gasteiger partial charge in [-0.2, -0.15) is 9.78 Å². The van der Waals surface area contributed by atoms with Gasteiger partial charge in [0, 0.05) is 11.6 Å². The van der Waals surface area contributed by atoms with Crippen molar-refractivity contribution < 1.29 is 19.1 Å². The lowest BCUT2D eigenvalue weighted by atomic mass is 10.1. The minimum atomic E-state index is -0.763. The number of nitrogen functional groups attached to an aromatic ring is 1. The van der Waals surface area contributed by atoms with E-state index in [9.17, 15) is 14.9 Å². The average Bonchev–Trinajstić information content (AvgIpc) is 3.46. The third-order valence-electron chi connectivity index (χ3n) is 4.61. The quantitative estimate of drug-likeness (QED) is 0.208. The zero-order valence-electron chi connectivity index (χ0n) is 18.0. The first kappa shape index (κ1) is 23.3. The van der Waals surface area contributed by atoms with Crippen molar-refractivity contribution in [2.24, 2.45) is 5.10 Å². The Bertz CT molecular complexity index is 1410. The highest BCUT2D eigenvalue weighted by Gasteiger charge is 2.25. The van der Waals surface area contributed by atoms with Gasteiger partial charge in [-0.05, 0) is 47.6 Å². The Labute approximate surface area is 201 Å². The summed E-state index contributed by atoms with van der Waals surface area (Å²) in [6.45, 7) is 2.34. The molecule has 0 bridgehead atoms. The number of aromatic nitrogens is 5. The Morgan fingerprint density at radius 3 is 2.74 bits per heavy atom. The van der Waals surface area contributed by atoms with E-state index < -0.39 is 10.8 Å². The van der Waals surface area contributed by atoms with Crippen LogP contribution in [-0.2, 0) is 0 Å². The molecular formula is C20H16ClN9O5. The van der Waals surface area contributed by atoms with Gasteiger partial charge in [-0.15, -0.1) is 5.10 Å². The number of hydrogen-bond acceptors (Lipinski definition) is 11. The number of amides is 1. The van der Waals surface area contributed by atoms with Crippen molar-refractivity contribution in [2.75, 3.05) is 12.3 Å². The number of carbonyl (C=O) groups is 1. The maximum absolute atomic E-state index is 12.9. The molecule has 2 aromatic heterocycles. The van der Waals surface area contributed by atoms with E-state index in [1.165, 1.54) is 22.9 Å². The van der Waals surface area contributed by atoms with Crippen molar-refractivity contribution in [3.8, 4) is 22.8 Å². The van der Waals surface area contributed by atoms with Gasteiger partial charge in [0.05, 0.1) is 28.3 Å². The third-order valence-corrected chi connectivity index (χ3v) is 4.94. The van der Waals surface area contributed by atoms with Crippen LogP contribution < -0.4 is 15.9 Å². The van der Waals surface area contributed by atoms with E-state index in [-0.39, 0.29) is 39.3 Å². The van der Waals surface area contributed by atoms with E-state index >= 15 is 0 Å². The molecule has 2 heterocycles. The summed E-state index contributed by atoms with van der Waals surface area (Å²) < 4.78 is 11.3. The van der Waals surface area contributed by atoms with Gasteiger partial charge >= 0.3 is 0 Å². The van der Waals surface area contributed by atoms with E-state index in [0.717, 1.165) is 6.21 Å². The molecule has 1 amide bonds. The number of nitrogens with one attached hydrogen (secondary N) is 1. The Hall–Kier alpha value is -4.85. The standard InChI is InChI=1S/C20H16ClN9O5/c1-2-34-12-8-6-11(7-9-12)17-16(24-28-29(17)19-18(22)26-35-27-19)20(31)25-23-10-13-14(21)4-3-5-15(13)30(32)33/h3-10H,2H2,1H3,(H2,22,26)(H,25,31). The predicted octanol–water partition coefficient (Wildman–Crippen LogP) is 2.62. The molecule has 0 fully saturated rings. The van der Waals surface area contributed by atoms with Crippen molar-refractivity contribution in [1.29, 1.82) is 0 Å². The molecular weight excluding hydrogens is 482 g/mol. The van der Waals surface area contributed by atoms with Crippen LogP contribution in [-0.4, -0.2) is 49.0 Å². The highest BCUT2D eigenvalue weighted by Crippen LogP contribution is 2.28. The molecule has 0 saturated heterocycles. The SMILES string of the molecule is CCOc1ccc(-c2c(C(=O)NN=Cc3c(Cl)cccc3[N+](=O)[O-])nnn2-c2nonc2N)cc1. The summed E-state index contributed by atoms with van der Waals surface area (Å²) in [5.74, 6) is -0.190. The number of carbonyl (C=O) groups excluding carboxylic acids is 1. The smallest absolute Gasteiger partial charge is 0.294 e. The van der Waals surface area contributed by atoms with Gasteiger partial charge < -0.3 is 10.5 Å². The number of nitro benzene ring substituents is 1. The number of halogens is 1. The molecule has 4 aromatic rings. The molecule has 35 heavy (non-hydrogen) atoms. The minimum absolute atomic E-state index is 0.0237. The Morgan fingerprint density at radius 1 is 1.31 bits per heavy atom. The number of ether oxygens (including phenoxy) is 1. The predicted molar refractivity (Wildman–Crippen MR) is 123 cm³/mol. The maximum Gasteiger partial charge on any atom is 0.294 e. The van der Waals surface area contributed by atoms with Gasteiger partial charge in [0.15, 0.2) is 5.69 Å². The van der Waals surface area contributed by atoms with Crippen LogP contribution in [0.15, 0.2) is 52.2 Å². The van der Waals surface area contributed by atoms with E-state index in [0.29, 0.717) is 17.9 Å². The molecule has 0 aliphatic carbocycles. The number of hydrazone groups is 1. The summed E-state index contributed by atoms with van der Waals surface area (Å²) in [4.78, 5) is 23.6. The molecule has 15 heteroatoms. The number of nitrogens with zero attached hydrogens (tertiary/aromatic N) is 7. The highest BCUT2D eigenvalue weighted by atomic mass is 35.5. The second-order valence-electron chi connectivity index (χ2n) is 6.76. The topological polar surface area (TPSA) is 189 Å². The second kappa shape index (κ2) is 9.96. The fourth-order valence-corrected chi connectivity index (χ4v) is 3.29. The van der Waals surface area contributed by atoms with Gasteiger partial charge in [-0.1, -0.05) is 22.9 Å². The maximum atomic E-state index is 12.9.